The predicted octanol–water partition coefficient (Wildman–Crippen LogP) is 1.91. The first-order valence-corrected chi connectivity index (χ1v) is 6.04. The van der Waals surface area contributed by atoms with Crippen LogP contribution in [0.4, 0.5) is 5.82 Å². The highest BCUT2D eigenvalue weighted by atomic mass is 15.4. The van der Waals surface area contributed by atoms with Crippen LogP contribution in [0.5, 0.6) is 0 Å². The highest BCUT2D eigenvalue weighted by molar-refractivity contribution is 5.36. The van der Waals surface area contributed by atoms with Crippen LogP contribution in [0.25, 0.3) is 5.69 Å². The molecule has 2 aromatic heterocycles. The Morgan fingerprint density at radius 3 is 2.84 bits per heavy atom. The summed E-state index contributed by atoms with van der Waals surface area (Å²) in [6, 6.07) is 11.9. The molecule has 2 heterocycles. The second-order valence-electron chi connectivity index (χ2n) is 4.28. The van der Waals surface area contributed by atoms with Gasteiger partial charge >= 0.3 is 0 Å². The van der Waals surface area contributed by atoms with Crippen molar-refractivity contribution < 1.29 is 0 Å². The fraction of sp³-hybridized carbons (Fsp3) is 0.154. The highest BCUT2D eigenvalue weighted by Gasteiger charge is 2.03. The zero-order valence-corrected chi connectivity index (χ0v) is 10.5. The van der Waals surface area contributed by atoms with Gasteiger partial charge in [-0.2, -0.15) is 5.10 Å². The summed E-state index contributed by atoms with van der Waals surface area (Å²) in [5.74, 6) is 0.726. The Bertz CT molecular complexity index is 655. The average molecular weight is 254 g/mol. The van der Waals surface area contributed by atoms with E-state index in [1.807, 2.05) is 49.5 Å². The van der Waals surface area contributed by atoms with Crippen molar-refractivity contribution in [1.29, 1.82) is 0 Å². The molecule has 0 atom stereocenters. The third kappa shape index (κ3) is 2.62. The van der Waals surface area contributed by atoms with E-state index in [4.69, 9.17) is 0 Å². The number of anilines is 1. The quantitative estimate of drug-likeness (QED) is 0.746. The predicted molar refractivity (Wildman–Crippen MR) is 72.0 cm³/mol. The molecule has 3 rings (SSSR count). The van der Waals surface area contributed by atoms with Gasteiger partial charge < -0.3 is 5.32 Å². The van der Waals surface area contributed by atoms with Gasteiger partial charge in [-0.05, 0) is 25.1 Å². The Kier molecular flexibility index (Phi) is 2.97. The summed E-state index contributed by atoms with van der Waals surface area (Å²) < 4.78 is 1.73. The van der Waals surface area contributed by atoms with Gasteiger partial charge in [-0.25, -0.2) is 4.68 Å². The topological polar surface area (TPSA) is 71.4 Å². The first kappa shape index (κ1) is 11.5. The molecule has 19 heavy (non-hydrogen) atoms. The van der Waals surface area contributed by atoms with Gasteiger partial charge in [-0.1, -0.05) is 23.4 Å². The van der Waals surface area contributed by atoms with Crippen LogP contribution in [0.2, 0.25) is 0 Å². The molecule has 0 saturated heterocycles. The van der Waals surface area contributed by atoms with Crippen LogP contribution in [0.3, 0.4) is 0 Å². The Balaban J connectivity index is 1.68. The van der Waals surface area contributed by atoms with E-state index in [1.54, 1.807) is 4.68 Å². The van der Waals surface area contributed by atoms with Crippen molar-refractivity contribution in [3.63, 3.8) is 0 Å². The van der Waals surface area contributed by atoms with Crippen LogP contribution < -0.4 is 5.32 Å². The number of aryl methyl sites for hydroxylation is 1. The first-order chi connectivity index (χ1) is 9.31. The third-order valence-electron chi connectivity index (χ3n) is 2.72. The molecule has 0 amide bonds. The van der Waals surface area contributed by atoms with Crippen molar-refractivity contribution in [2.45, 2.75) is 13.5 Å². The number of H-pyrrole nitrogens is 1. The Morgan fingerprint density at radius 2 is 2.11 bits per heavy atom. The van der Waals surface area contributed by atoms with Crippen LogP contribution in [0.1, 0.15) is 11.4 Å². The summed E-state index contributed by atoms with van der Waals surface area (Å²) in [5.41, 5.74) is 2.98. The van der Waals surface area contributed by atoms with E-state index in [-0.39, 0.29) is 0 Å². The minimum Gasteiger partial charge on any atom is -0.362 e. The lowest BCUT2D eigenvalue weighted by molar-refractivity contribution is 0.803. The fourth-order valence-corrected chi connectivity index (χ4v) is 1.80. The number of nitrogens with zero attached hydrogens (tertiary/aromatic N) is 4. The zero-order valence-electron chi connectivity index (χ0n) is 10.5. The number of nitrogens with one attached hydrogen (secondary N) is 2. The van der Waals surface area contributed by atoms with E-state index in [9.17, 15) is 0 Å². The minimum atomic E-state index is 0.623. The van der Waals surface area contributed by atoms with Crippen LogP contribution in [0.15, 0.2) is 42.6 Å². The number of aromatic nitrogens is 5. The molecule has 0 aliphatic carbocycles. The van der Waals surface area contributed by atoms with Gasteiger partial charge in [0.1, 0.15) is 0 Å². The molecule has 0 radical (unpaired) electrons. The molecule has 0 aliphatic rings. The summed E-state index contributed by atoms with van der Waals surface area (Å²) >= 11 is 0. The molecule has 6 nitrogen and oxygen atoms in total. The number of para-hydroxylation sites is 1. The number of hydrogen-bond acceptors (Lipinski definition) is 4. The van der Waals surface area contributed by atoms with E-state index in [1.165, 1.54) is 0 Å². The Labute approximate surface area is 110 Å². The second-order valence-corrected chi connectivity index (χ2v) is 4.28. The molecular formula is C13H14N6. The van der Waals surface area contributed by atoms with E-state index in [0.29, 0.717) is 6.54 Å². The smallest absolute Gasteiger partial charge is 0.169 e. The molecule has 2 N–H and O–H groups in total. The number of rotatable bonds is 4. The minimum absolute atomic E-state index is 0.623. The van der Waals surface area contributed by atoms with Crippen LogP contribution in [0, 0.1) is 6.92 Å². The number of hydrogen-bond donors (Lipinski definition) is 2. The maximum atomic E-state index is 4.15. The molecule has 3 aromatic rings. The Hall–Kier alpha value is -2.63. The largest absolute Gasteiger partial charge is 0.362 e. The van der Waals surface area contributed by atoms with Gasteiger partial charge in [0.05, 0.1) is 24.1 Å². The molecule has 0 unspecified atom stereocenters. The first-order valence-electron chi connectivity index (χ1n) is 6.04. The van der Waals surface area contributed by atoms with Gasteiger partial charge in [-0.3, -0.25) is 5.10 Å². The molecule has 96 valence electrons. The molecule has 1 aromatic carbocycles. The maximum absolute atomic E-state index is 4.15. The molecule has 0 aliphatic heterocycles. The highest BCUT2D eigenvalue weighted by Crippen LogP contribution is 2.09. The normalized spacial score (nSPS) is 10.6. The summed E-state index contributed by atoms with van der Waals surface area (Å²) in [4.78, 5) is 0. The van der Waals surface area contributed by atoms with E-state index < -0.39 is 0 Å². The Morgan fingerprint density at radius 1 is 1.26 bits per heavy atom. The van der Waals surface area contributed by atoms with E-state index >= 15 is 0 Å². The summed E-state index contributed by atoms with van der Waals surface area (Å²) in [6.45, 7) is 2.60. The fourth-order valence-electron chi connectivity index (χ4n) is 1.80. The van der Waals surface area contributed by atoms with Crippen molar-refractivity contribution in [1.82, 2.24) is 25.2 Å². The van der Waals surface area contributed by atoms with E-state index in [0.717, 1.165) is 22.9 Å². The lowest BCUT2D eigenvalue weighted by atomic mass is 10.3. The van der Waals surface area contributed by atoms with Crippen molar-refractivity contribution in [2.75, 3.05) is 5.32 Å². The van der Waals surface area contributed by atoms with Crippen LogP contribution >= 0.6 is 0 Å². The standard InChI is InChI=1S/C13H14N6/c1-10-7-11(16-15-10)8-14-13-9-19(18-17-13)12-5-3-2-4-6-12/h2-7,9,14H,8H2,1H3,(H,15,16). The molecule has 6 heteroatoms. The van der Waals surface area contributed by atoms with Crippen molar-refractivity contribution in [3.05, 3.63) is 54.0 Å². The van der Waals surface area contributed by atoms with Gasteiger partial charge in [0.15, 0.2) is 5.82 Å². The van der Waals surface area contributed by atoms with Crippen molar-refractivity contribution in [3.8, 4) is 5.69 Å². The third-order valence-corrected chi connectivity index (χ3v) is 2.72. The van der Waals surface area contributed by atoms with Gasteiger partial charge in [-0.15, -0.1) is 5.10 Å². The lowest BCUT2D eigenvalue weighted by Gasteiger charge is -1.98. The van der Waals surface area contributed by atoms with E-state index in [2.05, 4.69) is 25.8 Å². The molecule has 0 bridgehead atoms. The SMILES string of the molecule is Cc1cc(CNc2cn(-c3ccccc3)nn2)n[nH]1. The van der Waals surface area contributed by atoms with Gasteiger partial charge in [0.25, 0.3) is 0 Å². The molecule has 0 saturated carbocycles. The maximum Gasteiger partial charge on any atom is 0.169 e. The van der Waals surface area contributed by atoms with Gasteiger partial charge in [0, 0.05) is 5.69 Å². The monoisotopic (exact) mass is 254 g/mol. The average Bonchev–Trinajstić information content (AvgIpc) is 3.06. The summed E-state index contributed by atoms with van der Waals surface area (Å²) in [6.07, 6.45) is 1.86. The second kappa shape index (κ2) is 4.93. The molecular weight excluding hydrogens is 240 g/mol. The number of aromatic amines is 1. The zero-order chi connectivity index (χ0) is 13.1. The molecule has 0 spiro atoms. The van der Waals surface area contributed by atoms with Crippen LogP contribution in [-0.2, 0) is 6.54 Å². The number of benzene rings is 1. The lowest BCUT2D eigenvalue weighted by Crippen LogP contribution is -1.99. The summed E-state index contributed by atoms with van der Waals surface area (Å²) in [7, 11) is 0. The van der Waals surface area contributed by atoms with Crippen molar-refractivity contribution in [2.24, 2.45) is 0 Å². The van der Waals surface area contributed by atoms with Crippen LogP contribution in [-0.4, -0.2) is 25.2 Å². The van der Waals surface area contributed by atoms with Crippen molar-refractivity contribution >= 4 is 5.82 Å². The molecule has 0 fully saturated rings. The summed E-state index contributed by atoms with van der Waals surface area (Å²) in [5, 5.41) is 18.4. The van der Waals surface area contributed by atoms with Gasteiger partial charge in [0.2, 0.25) is 0 Å².